The zero-order chi connectivity index (χ0) is 30.4. The molecular formula is C31H26ClN5O6. The number of nitriles is 1. The van der Waals surface area contributed by atoms with Crippen LogP contribution < -0.4 is 14.8 Å². The first kappa shape index (κ1) is 29.5. The van der Waals surface area contributed by atoms with Gasteiger partial charge in [0.15, 0.2) is 11.3 Å². The minimum atomic E-state index is -1.64. The van der Waals surface area contributed by atoms with Crippen molar-refractivity contribution < 1.29 is 29.1 Å². The van der Waals surface area contributed by atoms with Crippen molar-refractivity contribution in [2.45, 2.75) is 32.2 Å². The molecule has 5 aromatic rings. The highest BCUT2D eigenvalue weighted by Gasteiger charge is 2.33. The van der Waals surface area contributed by atoms with Gasteiger partial charge in [-0.2, -0.15) is 5.26 Å². The second kappa shape index (κ2) is 12.9. The van der Waals surface area contributed by atoms with Gasteiger partial charge in [0.05, 0.1) is 17.2 Å². The van der Waals surface area contributed by atoms with Crippen LogP contribution in [-0.4, -0.2) is 43.6 Å². The molecule has 0 aliphatic rings. The molecule has 218 valence electrons. The van der Waals surface area contributed by atoms with Crippen LogP contribution in [0.1, 0.15) is 29.2 Å². The predicted octanol–water partition coefficient (Wildman–Crippen LogP) is 4.89. The first-order chi connectivity index (χ1) is 20.8. The number of hydrogen-bond acceptors (Lipinski definition) is 10. The third kappa shape index (κ3) is 6.42. The number of rotatable bonds is 12. The van der Waals surface area contributed by atoms with E-state index in [0.717, 1.165) is 16.7 Å². The number of carboxylic acid groups (broad SMARTS) is 1. The van der Waals surface area contributed by atoms with Crippen LogP contribution in [0.5, 0.6) is 11.5 Å². The minimum absolute atomic E-state index is 0.0346. The van der Waals surface area contributed by atoms with E-state index in [0.29, 0.717) is 33.2 Å². The van der Waals surface area contributed by atoms with Crippen molar-refractivity contribution in [1.82, 2.24) is 20.6 Å². The smallest absolute Gasteiger partial charge is 0.326 e. The molecule has 0 radical (unpaired) electrons. The molecular weight excluding hydrogens is 574 g/mol. The SMILES string of the molecule is C[C@@](CO)(NCc1c(OCc2cncc(C#N)c2)cc(OCc2cccc(-c3ccccc3)c2Cl)c2nonc12)C(=O)O. The average molecular weight is 600 g/mol. The number of carbonyl (C=O) groups is 1. The zero-order valence-electron chi connectivity index (χ0n) is 23.0. The topological polar surface area (TPSA) is 164 Å². The third-order valence-electron chi connectivity index (χ3n) is 6.88. The number of aliphatic hydroxyl groups is 1. The van der Waals surface area contributed by atoms with Gasteiger partial charge in [-0.05, 0) is 28.9 Å². The number of carboxylic acids is 1. The molecule has 0 aliphatic carbocycles. The van der Waals surface area contributed by atoms with Gasteiger partial charge < -0.3 is 19.7 Å². The number of nitrogens with one attached hydrogen (secondary N) is 1. The molecule has 3 N–H and O–H groups in total. The maximum Gasteiger partial charge on any atom is 0.326 e. The van der Waals surface area contributed by atoms with Gasteiger partial charge in [0.1, 0.15) is 36.1 Å². The van der Waals surface area contributed by atoms with Crippen molar-refractivity contribution >= 4 is 28.6 Å². The summed E-state index contributed by atoms with van der Waals surface area (Å²) < 4.78 is 17.4. The maximum atomic E-state index is 11.8. The van der Waals surface area contributed by atoms with E-state index in [2.05, 4.69) is 20.6 Å². The molecule has 0 bridgehead atoms. The molecule has 0 unspecified atom stereocenters. The highest BCUT2D eigenvalue weighted by Crippen LogP contribution is 2.37. The summed E-state index contributed by atoms with van der Waals surface area (Å²) in [5.74, 6) is -0.646. The summed E-state index contributed by atoms with van der Waals surface area (Å²) in [7, 11) is 0. The van der Waals surface area contributed by atoms with Crippen LogP contribution in [0.3, 0.4) is 0 Å². The van der Waals surface area contributed by atoms with E-state index in [4.69, 9.17) is 25.7 Å². The van der Waals surface area contributed by atoms with E-state index in [-0.39, 0.29) is 30.8 Å². The summed E-state index contributed by atoms with van der Waals surface area (Å²) >= 11 is 6.77. The third-order valence-corrected chi connectivity index (χ3v) is 7.32. The Morgan fingerprint density at radius 3 is 2.56 bits per heavy atom. The van der Waals surface area contributed by atoms with Crippen molar-refractivity contribution in [1.29, 1.82) is 5.26 Å². The molecule has 2 heterocycles. The highest BCUT2D eigenvalue weighted by atomic mass is 35.5. The van der Waals surface area contributed by atoms with Crippen molar-refractivity contribution in [3.8, 4) is 28.7 Å². The number of fused-ring (bicyclic) bond motifs is 1. The van der Waals surface area contributed by atoms with E-state index in [1.807, 2.05) is 54.6 Å². The minimum Gasteiger partial charge on any atom is -0.488 e. The van der Waals surface area contributed by atoms with E-state index in [1.165, 1.54) is 13.1 Å². The summed E-state index contributed by atoms with van der Waals surface area (Å²) in [5, 5.41) is 40.1. The van der Waals surface area contributed by atoms with Crippen LogP contribution in [0.2, 0.25) is 5.02 Å². The van der Waals surface area contributed by atoms with E-state index in [9.17, 15) is 20.3 Å². The van der Waals surface area contributed by atoms with Gasteiger partial charge in [0, 0.05) is 47.3 Å². The first-order valence-corrected chi connectivity index (χ1v) is 13.5. The maximum absolute atomic E-state index is 11.8. The van der Waals surface area contributed by atoms with Crippen molar-refractivity contribution in [2.75, 3.05) is 6.61 Å². The molecule has 0 spiro atoms. The Bertz CT molecular complexity index is 1810. The van der Waals surface area contributed by atoms with Crippen LogP contribution >= 0.6 is 11.6 Å². The molecule has 3 aromatic carbocycles. The Morgan fingerprint density at radius 1 is 1.05 bits per heavy atom. The largest absolute Gasteiger partial charge is 0.488 e. The summed E-state index contributed by atoms with van der Waals surface area (Å²) in [4.78, 5) is 15.9. The van der Waals surface area contributed by atoms with Gasteiger partial charge >= 0.3 is 5.97 Å². The fourth-order valence-electron chi connectivity index (χ4n) is 4.31. The number of nitrogens with zero attached hydrogens (tertiary/aromatic N) is 4. The van der Waals surface area contributed by atoms with Gasteiger partial charge in [-0.15, -0.1) is 0 Å². The average Bonchev–Trinajstić information content (AvgIpc) is 3.53. The van der Waals surface area contributed by atoms with Crippen molar-refractivity contribution in [2.24, 2.45) is 0 Å². The molecule has 2 aromatic heterocycles. The Balaban J connectivity index is 1.48. The lowest BCUT2D eigenvalue weighted by atomic mass is 10.0. The quantitative estimate of drug-likeness (QED) is 0.179. The van der Waals surface area contributed by atoms with Crippen LogP contribution in [-0.2, 0) is 24.6 Å². The van der Waals surface area contributed by atoms with E-state index < -0.39 is 18.1 Å². The molecule has 5 rings (SSSR count). The Morgan fingerprint density at radius 2 is 1.81 bits per heavy atom. The molecule has 0 saturated heterocycles. The van der Waals surface area contributed by atoms with E-state index in [1.54, 1.807) is 18.3 Å². The number of aliphatic hydroxyl groups excluding tert-OH is 1. The monoisotopic (exact) mass is 599 g/mol. The molecule has 0 amide bonds. The number of aliphatic carboxylic acids is 1. The number of pyridine rings is 1. The second-order valence-electron chi connectivity index (χ2n) is 9.88. The van der Waals surface area contributed by atoms with Gasteiger partial charge in [0.2, 0.25) is 0 Å². The summed E-state index contributed by atoms with van der Waals surface area (Å²) in [5.41, 5.74) is 2.93. The summed E-state index contributed by atoms with van der Waals surface area (Å²) in [6.07, 6.45) is 3.01. The van der Waals surface area contributed by atoms with E-state index >= 15 is 0 Å². The van der Waals surface area contributed by atoms with Crippen LogP contribution in [0, 0.1) is 11.3 Å². The highest BCUT2D eigenvalue weighted by molar-refractivity contribution is 6.34. The Hall–Kier alpha value is -5.02. The first-order valence-electron chi connectivity index (χ1n) is 13.1. The number of aromatic nitrogens is 3. The fourth-order valence-corrected chi connectivity index (χ4v) is 4.60. The Kier molecular flexibility index (Phi) is 8.82. The second-order valence-corrected chi connectivity index (χ2v) is 10.3. The summed E-state index contributed by atoms with van der Waals surface area (Å²) in [6, 6.07) is 20.7. The van der Waals surface area contributed by atoms with Gasteiger partial charge in [-0.1, -0.05) is 60.1 Å². The molecule has 0 saturated carbocycles. The molecule has 0 aliphatic heterocycles. The molecule has 12 heteroatoms. The van der Waals surface area contributed by atoms with Crippen LogP contribution in [0.4, 0.5) is 0 Å². The van der Waals surface area contributed by atoms with Gasteiger partial charge in [0.25, 0.3) is 0 Å². The lowest BCUT2D eigenvalue weighted by molar-refractivity contribution is -0.145. The number of benzene rings is 3. The van der Waals surface area contributed by atoms with Crippen LogP contribution in [0.15, 0.2) is 77.7 Å². The lowest BCUT2D eigenvalue weighted by Gasteiger charge is -2.24. The number of halogens is 1. The Labute approximate surface area is 251 Å². The zero-order valence-corrected chi connectivity index (χ0v) is 23.7. The van der Waals surface area contributed by atoms with Gasteiger partial charge in [-0.25, -0.2) is 4.63 Å². The predicted molar refractivity (Wildman–Crippen MR) is 156 cm³/mol. The molecule has 43 heavy (non-hydrogen) atoms. The number of ether oxygens (including phenoxy) is 2. The number of hydrogen-bond donors (Lipinski definition) is 3. The van der Waals surface area contributed by atoms with Gasteiger partial charge in [-0.3, -0.25) is 15.1 Å². The molecule has 0 fully saturated rings. The summed E-state index contributed by atoms with van der Waals surface area (Å²) in [6.45, 7) is 0.763. The molecule has 11 nitrogen and oxygen atoms in total. The normalized spacial score (nSPS) is 12.4. The molecule has 1 atom stereocenters. The van der Waals surface area contributed by atoms with Crippen molar-refractivity contribution in [3.63, 3.8) is 0 Å². The van der Waals surface area contributed by atoms with Crippen LogP contribution in [0.25, 0.3) is 22.2 Å². The standard InChI is InChI=1S/C31H26ClN5O6/c1-31(18-38,30(39)40)35-15-24-25(41-16-20-10-19(12-33)13-34-14-20)11-26(29-28(24)36-43-37-29)42-17-22-8-5-9-23(27(22)32)21-6-3-2-4-7-21/h2-11,13-14,35,38H,15-18H2,1H3,(H,39,40)/t31-/m0/s1. The fraction of sp³-hybridized carbons (Fsp3) is 0.194. The van der Waals surface area contributed by atoms with Crippen molar-refractivity contribution in [3.05, 3.63) is 100 Å². The lowest BCUT2D eigenvalue weighted by Crippen LogP contribution is -2.52.